The van der Waals surface area contributed by atoms with Gasteiger partial charge >= 0.3 is 0 Å². The van der Waals surface area contributed by atoms with E-state index in [1.807, 2.05) is 0 Å². The fourth-order valence-electron chi connectivity index (χ4n) is 3.11. The van der Waals surface area contributed by atoms with Crippen LogP contribution in [0.3, 0.4) is 0 Å². The summed E-state index contributed by atoms with van der Waals surface area (Å²) in [5.41, 5.74) is 8.95. The van der Waals surface area contributed by atoms with E-state index in [1.54, 1.807) is 0 Å². The molecule has 90 valence electrons. The van der Waals surface area contributed by atoms with Gasteiger partial charge in [-0.1, -0.05) is 31.0 Å². The van der Waals surface area contributed by atoms with Crippen LogP contribution in [0, 0.1) is 5.92 Å². The van der Waals surface area contributed by atoms with Gasteiger partial charge in [-0.25, -0.2) is 0 Å². The molecule has 2 heteroatoms. The third-order valence-electron chi connectivity index (χ3n) is 4.14. The zero-order chi connectivity index (χ0) is 11.7. The summed E-state index contributed by atoms with van der Waals surface area (Å²) in [7, 11) is 0. The highest BCUT2D eigenvalue weighted by atomic mass is 14.7. The quantitative estimate of drug-likeness (QED) is 0.832. The molecule has 3 rings (SSSR count). The Balaban J connectivity index is 1.80. The molecule has 0 saturated heterocycles. The molecule has 0 radical (unpaired) electrons. The monoisotopic (exact) mass is 228 g/mol. The number of nitrogens with two attached hydrogens (primary N) is 1. The SMILES string of the molecule is NC(Cc1c[nH]c2ccccc12)C1CCCC1. The minimum Gasteiger partial charge on any atom is -0.361 e. The van der Waals surface area contributed by atoms with E-state index in [1.165, 1.54) is 42.1 Å². The number of para-hydroxylation sites is 1. The molecule has 3 N–H and O–H groups in total. The summed E-state index contributed by atoms with van der Waals surface area (Å²) in [5.74, 6) is 0.740. The van der Waals surface area contributed by atoms with Gasteiger partial charge in [0.25, 0.3) is 0 Å². The van der Waals surface area contributed by atoms with E-state index in [4.69, 9.17) is 5.73 Å². The summed E-state index contributed by atoms with van der Waals surface area (Å²) in [5, 5.41) is 1.33. The molecule has 17 heavy (non-hydrogen) atoms. The highest BCUT2D eigenvalue weighted by Crippen LogP contribution is 2.29. The Morgan fingerprint density at radius 1 is 1.24 bits per heavy atom. The van der Waals surface area contributed by atoms with Crippen molar-refractivity contribution in [2.75, 3.05) is 0 Å². The Hall–Kier alpha value is -1.28. The first-order valence-corrected chi connectivity index (χ1v) is 6.65. The second-order valence-corrected chi connectivity index (χ2v) is 5.27. The molecule has 2 nitrogen and oxygen atoms in total. The minimum absolute atomic E-state index is 0.330. The van der Waals surface area contributed by atoms with Crippen molar-refractivity contribution >= 4 is 10.9 Å². The fraction of sp³-hybridized carbons (Fsp3) is 0.467. The number of rotatable bonds is 3. The van der Waals surface area contributed by atoms with E-state index in [9.17, 15) is 0 Å². The minimum atomic E-state index is 0.330. The van der Waals surface area contributed by atoms with E-state index < -0.39 is 0 Å². The second kappa shape index (κ2) is 4.53. The molecular formula is C15H20N2. The predicted molar refractivity (Wildman–Crippen MR) is 71.9 cm³/mol. The van der Waals surface area contributed by atoms with Crippen LogP contribution in [0.5, 0.6) is 0 Å². The lowest BCUT2D eigenvalue weighted by atomic mass is 9.93. The van der Waals surface area contributed by atoms with E-state index in [0.717, 1.165) is 12.3 Å². The Morgan fingerprint density at radius 3 is 2.82 bits per heavy atom. The Labute approximate surface area is 102 Å². The first-order chi connectivity index (χ1) is 8.34. The van der Waals surface area contributed by atoms with Crippen LogP contribution in [-0.4, -0.2) is 11.0 Å². The molecule has 2 aromatic rings. The number of hydrogen-bond acceptors (Lipinski definition) is 1. The molecule has 0 amide bonds. The molecular weight excluding hydrogens is 208 g/mol. The zero-order valence-electron chi connectivity index (χ0n) is 10.2. The van der Waals surface area contributed by atoms with Crippen LogP contribution >= 0.6 is 0 Å². The Kier molecular flexibility index (Phi) is 2.89. The zero-order valence-corrected chi connectivity index (χ0v) is 10.2. The van der Waals surface area contributed by atoms with Crippen molar-refractivity contribution in [3.05, 3.63) is 36.0 Å². The fourth-order valence-corrected chi connectivity index (χ4v) is 3.11. The van der Waals surface area contributed by atoms with Crippen molar-refractivity contribution in [2.45, 2.75) is 38.1 Å². The van der Waals surface area contributed by atoms with Gasteiger partial charge in [-0.15, -0.1) is 0 Å². The summed E-state index contributed by atoms with van der Waals surface area (Å²) in [6, 6.07) is 8.81. The van der Waals surface area contributed by atoms with E-state index in [0.29, 0.717) is 6.04 Å². The third-order valence-corrected chi connectivity index (χ3v) is 4.14. The molecule has 0 aliphatic heterocycles. The maximum atomic E-state index is 6.35. The van der Waals surface area contributed by atoms with Gasteiger partial charge in [-0.05, 0) is 36.8 Å². The number of H-pyrrole nitrogens is 1. The number of fused-ring (bicyclic) bond motifs is 1. The average molecular weight is 228 g/mol. The molecule has 1 aromatic heterocycles. The van der Waals surface area contributed by atoms with Crippen LogP contribution in [0.4, 0.5) is 0 Å². The van der Waals surface area contributed by atoms with Crippen molar-refractivity contribution < 1.29 is 0 Å². The normalized spacial score (nSPS) is 18.9. The van der Waals surface area contributed by atoms with E-state index >= 15 is 0 Å². The van der Waals surface area contributed by atoms with Gasteiger partial charge in [0.1, 0.15) is 0 Å². The van der Waals surface area contributed by atoms with Crippen LogP contribution in [0.2, 0.25) is 0 Å². The number of aromatic nitrogens is 1. The third kappa shape index (κ3) is 2.09. The number of benzene rings is 1. The van der Waals surface area contributed by atoms with Crippen molar-refractivity contribution in [3.63, 3.8) is 0 Å². The Morgan fingerprint density at radius 2 is 2.00 bits per heavy atom. The molecule has 1 aliphatic rings. The van der Waals surface area contributed by atoms with Crippen LogP contribution in [0.15, 0.2) is 30.5 Å². The smallest absolute Gasteiger partial charge is 0.0456 e. The molecule has 1 aromatic carbocycles. The van der Waals surface area contributed by atoms with E-state index in [2.05, 4.69) is 35.4 Å². The lowest BCUT2D eigenvalue weighted by Crippen LogP contribution is -2.30. The largest absolute Gasteiger partial charge is 0.361 e. The van der Waals surface area contributed by atoms with Crippen molar-refractivity contribution in [3.8, 4) is 0 Å². The van der Waals surface area contributed by atoms with Gasteiger partial charge in [-0.3, -0.25) is 0 Å². The van der Waals surface area contributed by atoms with Gasteiger partial charge in [0.15, 0.2) is 0 Å². The highest BCUT2D eigenvalue weighted by molar-refractivity contribution is 5.83. The second-order valence-electron chi connectivity index (χ2n) is 5.27. The number of nitrogens with one attached hydrogen (secondary N) is 1. The van der Waals surface area contributed by atoms with Crippen LogP contribution in [-0.2, 0) is 6.42 Å². The summed E-state index contributed by atoms with van der Waals surface area (Å²) in [6.07, 6.45) is 8.51. The molecule has 1 saturated carbocycles. The molecule has 0 spiro atoms. The molecule has 0 bridgehead atoms. The average Bonchev–Trinajstić information content (AvgIpc) is 2.98. The molecule has 1 heterocycles. The maximum absolute atomic E-state index is 6.35. The van der Waals surface area contributed by atoms with Gasteiger partial charge in [0.2, 0.25) is 0 Å². The highest BCUT2D eigenvalue weighted by Gasteiger charge is 2.22. The van der Waals surface area contributed by atoms with Gasteiger partial charge in [0.05, 0.1) is 0 Å². The van der Waals surface area contributed by atoms with Crippen molar-refractivity contribution in [2.24, 2.45) is 11.7 Å². The first kappa shape index (κ1) is 10.8. The number of aromatic amines is 1. The van der Waals surface area contributed by atoms with Gasteiger partial charge in [0, 0.05) is 23.1 Å². The number of hydrogen-bond donors (Lipinski definition) is 2. The summed E-state index contributed by atoms with van der Waals surface area (Å²) in [6.45, 7) is 0. The summed E-state index contributed by atoms with van der Waals surface area (Å²) >= 11 is 0. The molecule has 1 unspecified atom stereocenters. The summed E-state index contributed by atoms with van der Waals surface area (Å²) in [4.78, 5) is 3.33. The van der Waals surface area contributed by atoms with Crippen LogP contribution in [0.25, 0.3) is 10.9 Å². The van der Waals surface area contributed by atoms with Gasteiger partial charge < -0.3 is 10.7 Å². The standard InChI is InChI=1S/C15H20N2/c16-14(11-5-1-2-6-11)9-12-10-17-15-8-4-3-7-13(12)15/h3-4,7-8,10-11,14,17H,1-2,5-6,9,16H2. The molecule has 1 fully saturated rings. The van der Waals surface area contributed by atoms with Crippen LogP contribution in [0.1, 0.15) is 31.2 Å². The van der Waals surface area contributed by atoms with Crippen LogP contribution < -0.4 is 5.73 Å². The lowest BCUT2D eigenvalue weighted by Gasteiger charge is -2.18. The molecule has 1 atom stereocenters. The topological polar surface area (TPSA) is 41.8 Å². The predicted octanol–water partition coefficient (Wildman–Crippen LogP) is 3.23. The van der Waals surface area contributed by atoms with E-state index in [-0.39, 0.29) is 0 Å². The van der Waals surface area contributed by atoms with Gasteiger partial charge in [-0.2, -0.15) is 0 Å². The van der Waals surface area contributed by atoms with Crippen molar-refractivity contribution in [1.82, 2.24) is 4.98 Å². The lowest BCUT2D eigenvalue weighted by molar-refractivity contribution is 0.430. The molecule has 1 aliphatic carbocycles. The maximum Gasteiger partial charge on any atom is 0.0456 e. The van der Waals surface area contributed by atoms with Crippen molar-refractivity contribution in [1.29, 1.82) is 0 Å². The first-order valence-electron chi connectivity index (χ1n) is 6.65. The Bertz CT molecular complexity index is 494. The summed E-state index contributed by atoms with van der Waals surface area (Å²) < 4.78 is 0.